The van der Waals surface area contributed by atoms with Crippen molar-refractivity contribution in [3.05, 3.63) is 99.6 Å². The summed E-state index contributed by atoms with van der Waals surface area (Å²) in [6, 6.07) is 12.4. The molecule has 0 spiro atoms. The number of hydrogen-bond acceptors (Lipinski definition) is 3. The van der Waals surface area contributed by atoms with Crippen LogP contribution in [0.3, 0.4) is 0 Å². The molecule has 0 aliphatic carbocycles. The molecule has 152 valence electrons. The van der Waals surface area contributed by atoms with Crippen molar-refractivity contribution < 1.29 is 9.53 Å². The lowest BCUT2D eigenvalue weighted by atomic mass is 10.1. The largest absolute Gasteiger partial charge is 0.488 e. The second kappa shape index (κ2) is 8.78. The molecule has 7 heteroatoms. The standard InChI is InChI=1S/C23H19Cl2N3O2/c1-28-11-10-26-23(28)22(16-3-5-18(24)6-4-16)27-21(29)9-2-15-12-17-13-19(25)7-8-20(17)30-14-15/h2-13,22H,14H2,1H3,(H,27,29)/b9-2+. The quantitative estimate of drug-likeness (QED) is 0.571. The number of nitrogens with zero attached hydrogens (tertiary/aromatic N) is 2. The van der Waals surface area contributed by atoms with Gasteiger partial charge in [0.25, 0.3) is 0 Å². The third-order valence-corrected chi connectivity index (χ3v) is 5.25. The number of aromatic nitrogens is 2. The molecule has 1 atom stereocenters. The molecule has 4 rings (SSSR count). The molecule has 1 unspecified atom stereocenters. The second-order valence-electron chi connectivity index (χ2n) is 6.91. The van der Waals surface area contributed by atoms with Gasteiger partial charge >= 0.3 is 0 Å². The van der Waals surface area contributed by atoms with Crippen molar-refractivity contribution in [3.8, 4) is 5.75 Å². The number of nitrogens with one attached hydrogen (secondary N) is 1. The molecular weight excluding hydrogens is 421 g/mol. The van der Waals surface area contributed by atoms with Crippen LogP contribution in [0.15, 0.2) is 72.6 Å². The van der Waals surface area contributed by atoms with Crippen LogP contribution in [0.1, 0.15) is 23.0 Å². The highest BCUT2D eigenvalue weighted by Crippen LogP contribution is 2.29. The minimum Gasteiger partial charge on any atom is -0.488 e. The van der Waals surface area contributed by atoms with Crippen LogP contribution in [0.5, 0.6) is 5.75 Å². The molecule has 2 aromatic carbocycles. The highest BCUT2D eigenvalue weighted by Gasteiger charge is 2.20. The molecule has 30 heavy (non-hydrogen) atoms. The van der Waals surface area contributed by atoms with Crippen LogP contribution in [-0.4, -0.2) is 22.1 Å². The molecule has 5 nitrogen and oxygen atoms in total. The fourth-order valence-corrected chi connectivity index (χ4v) is 3.55. The summed E-state index contributed by atoms with van der Waals surface area (Å²) in [5.74, 6) is 1.26. The number of imidazole rings is 1. The van der Waals surface area contributed by atoms with Gasteiger partial charge in [-0.05, 0) is 47.5 Å². The number of fused-ring (bicyclic) bond motifs is 1. The molecule has 0 radical (unpaired) electrons. The summed E-state index contributed by atoms with van der Waals surface area (Å²) in [5, 5.41) is 4.29. The van der Waals surface area contributed by atoms with E-state index in [9.17, 15) is 4.79 Å². The van der Waals surface area contributed by atoms with Gasteiger partial charge in [0.05, 0.1) is 0 Å². The van der Waals surface area contributed by atoms with E-state index in [1.54, 1.807) is 30.5 Å². The van der Waals surface area contributed by atoms with Gasteiger partial charge < -0.3 is 14.6 Å². The molecule has 0 fully saturated rings. The maximum absolute atomic E-state index is 12.7. The third-order valence-electron chi connectivity index (χ3n) is 4.76. The first kappa shape index (κ1) is 20.3. The Bertz CT molecular complexity index is 1130. The first-order chi connectivity index (χ1) is 14.5. The molecule has 3 aromatic rings. The Labute approximate surface area is 184 Å². The van der Waals surface area contributed by atoms with Gasteiger partial charge in [0.1, 0.15) is 24.2 Å². The van der Waals surface area contributed by atoms with Gasteiger partial charge in [-0.2, -0.15) is 0 Å². The fraction of sp³-hybridized carbons (Fsp3) is 0.130. The molecule has 0 saturated carbocycles. The Hall–Kier alpha value is -3.02. The minimum atomic E-state index is -0.407. The van der Waals surface area contributed by atoms with Gasteiger partial charge in [0.15, 0.2) is 0 Å². The van der Waals surface area contributed by atoms with Crippen molar-refractivity contribution >= 4 is 35.2 Å². The number of halogens is 2. The maximum Gasteiger partial charge on any atom is 0.244 e. The highest BCUT2D eigenvalue weighted by molar-refractivity contribution is 6.31. The summed E-state index contributed by atoms with van der Waals surface area (Å²) in [7, 11) is 1.89. The Kier molecular flexibility index (Phi) is 5.93. The monoisotopic (exact) mass is 439 g/mol. The fourth-order valence-electron chi connectivity index (χ4n) is 3.24. The smallest absolute Gasteiger partial charge is 0.244 e. The number of benzene rings is 2. The number of ether oxygens (including phenoxy) is 1. The summed E-state index contributed by atoms with van der Waals surface area (Å²) in [4.78, 5) is 17.1. The number of amides is 1. The number of hydrogen-bond donors (Lipinski definition) is 1. The van der Waals surface area contributed by atoms with E-state index in [1.807, 2.05) is 48.2 Å². The second-order valence-corrected chi connectivity index (χ2v) is 7.79. The van der Waals surface area contributed by atoms with Crippen molar-refractivity contribution in [3.63, 3.8) is 0 Å². The molecule has 2 heterocycles. The van der Waals surface area contributed by atoms with Crippen LogP contribution in [0.4, 0.5) is 0 Å². The third kappa shape index (κ3) is 4.58. The Morgan fingerprint density at radius 1 is 1.20 bits per heavy atom. The Morgan fingerprint density at radius 2 is 1.97 bits per heavy atom. The zero-order valence-corrected chi connectivity index (χ0v) is 17.7. The first-order valence-electron chi connectivity index (χ1n) is 9.34. The lowest BCUT2D eigenvalue weighted by Crippen LogP contribution is -2.29. The van der Waals surface area contributed by atoms with Gasteiger partial charge in [0.2, 0.25) is 5.91 Å². The maximum atomic E-state index is 12.7. The van der Waals surface area contributed by atoms with Crippen molar-refractivity contribution in [1.29, 1.82) is 0 Å². The van der Waals surface area contributed by atoms with Crippen LogP contribution in [0, 0.1) is 0 Å². The summed E-state index contributed by atoms with van der Waals surface area (Å²) >= 11 is 12.1. The van der Waals surface area contributed by atoms with Crippen LogP contribution in [0.25, 0.3) is 6.08 Å². The molecular formula is C23H19Cl2N3O2. The SMILES string of the molecule is Cn1ccnc1C(NC(=O)/C=C/C1=Cc2cc(Cl)ccc2OC1)c1ccc(Cl)cc1. The molecule has 1 aliphatic rings. The molecule has 1 N–H and O–H groups in total. The summed E-state index contributed by atoms with van der Waals surface area (Å²) in [5.41, 5.74) is 2.65. The van der Waals surface area contributed by atoms with Crippen molar-refractivity contribution in [2.24, 2.45) is 7.05 Å². The highest BCUT2D eigenvalue weighted by atomic mass is 35.5. The predicted molar refractivity (Wildman–Crippen MR) is 119 cm³/mol. The van der Waals surface area contributed by atoms with Gasteiger partial charge in [-0.15, -0.1) is 0 Å². The number of rotatable bonds is 5. The Balaban J connectivity index is 1.53. The van der Waals surface area contributed by atoms with Crippen molar-refractivity contribution in [2.45, 2.75) is 6.04 Å². The molecule has 1 aromatic heterocycles. The summed E-state index contributed by atoms with van der Waals surface area (Å²) in [6.07, 6.45) is 8.75. The normalized spacial score (nSPS) is 14.0. The van der Waals surface area contributed by atoms with Crippen LogP contribution in [0.2, 0.25) is 10.0 Å². The molecule has 0 bridgehead atoms. The lowest BCUT2D eigenvalue weighted by molar-refractivity contribution is -0.117. The number of carbonyl (C=O) groups excluding carboxylic acids is 1. The van der Waals surface area contributed by atoms with Crippen molar-refractivity contribution in [2.75, 3.05) is 6.61 Å². The zero-order chi connectivity index (χ0) is 21.1. The molecule has 1 amide bonds. The van der Waals surface area contributed by atoms with E-state index in [4.69, 9.17) is 27.9 Å². The van der Waals surface area contributed by atoms with E-state index < -0.39 is 6.04 Å². The lowest BCUT2D eigenvalue weighted by Gasteiger charge is -2.19. The average molecular weight is 440 g/mol. The van der Waals surface area contributed by atoms with Crippen LogP contribution < -0.4 is 10.1 Å². The van der Waals surface area contributed by atoms with Gasteiger partial charge in [-0.1, -0.05) is 41.4 Å². The minimum absolute atomic E-state index is 0.240. The topological polar surface area (TPSA) is 56.2 Å². The Morgan fingerprint density at radius 3 is 2.70 bits per heavy atom. The van der Waals surface area contributed by atoms with E-state index in [1.165, 1.54) is 6.08 Å². The van der Waals surface area contributed by atoms with Gasteiger partial charge in [0, 0.05) is 41.1 Å². The van der Waals surface area contributed by atoms with E-state index >= 15 is 0 Å². The summed E-state index contributed by atoms with van der Waals surface area (Å²) < 4.78 is 7.60. The number of aryl methyl sites for hydroxylation is 1. The van der Waals surface area contributed by atoms with Crippen molar-refractivity contribution in [1.82, 2.24) is 14.9 Å². The van der Waals surface area contributed by atoms with E-state index in [0.717, 1.165) is 28.3 Å². The first-order valence-corrected chi connectivity index (χ1v) is 10.1. The van der Waals surface area contributed by atoms with E-state index in [0.29, 0.717) is 16.7 Å². The summed E-state index contributed by atoms with van der Waals surface area (Å²) in [6.45, 7) is 0.387. The van der Waals surface area contributed by atoms with Gasteiger partial charge in [-0.25, -0.2) is 4.98 Å². The van der Waals surface area contributed by atoms with E-state index in [2.05, 4.69) is 10.3 Å². The predicted octanol–water partition coefficient (Wildman–Crippen LogP) is 4.96. The average Bonchev–Trinajstić information content (AvgIpc) is 3.16. The van der Waals surface area contributed by atoms with Crippen LogP contribution >= 0.6 is 23.2 Å². The molecule has 1 aliphatic heterocycles. The number of carbonyl (C=O) groups is 1. The zero-order valence-electron chi connectivity index (χ0n) is 16.2. The van der Waals surface area contributed by atoms with Gasteiger partial charge in [-0.3, -0.25) is 4.79 Å². The van der Waals surface area contributed by atoms with E-state index in [-0.39, 0.29) is 5.91 Å². The molecule has 0 saturated heterocycles. The van der Waals surface area contributed by atoms with Crippen LogP contribution in [-0.2, 0) is 11.8 Å².